The van der Waals surface area contributed by atoms with Gasteiger partial charge in [-0.05, 0) is 42.4 Å². The van der Waals surface area contributed by atoms with Gasteiger partial charge >= 0.3 is 0 Å². The Labute approximate surface area is 212 Å². The van der Waals surface area contributed by atoms with E-state index < -0.39 is 70.4 Å². The monoisotopic (exact) mass is 505 g/mol. The van der Waals surface area contributed by atoms with Crippen LogP contribution in [0.3, 0.4) is 0 Å². The van der Waals surface area contributed by atoms with Crippen LogP contribution in [-0.4, -0.2) is 54.7 Å². The van der Waals surface area contributed by atoms with Gasteiger partial charge < -0.3 is 31.3 Å². The van der Waals surface area contributed by atoms with Gasteiger partial charge in [-0.25, -0.2) is 0 Å². The first-order valence-electron chi connectivity index (χ1n) is 12.1. The first-order chi connectivity index (χ1) is 17.6. The van der Waals surface area contributed by atoms with E-state index in [2.05, 4.69) is 0 Å². The molecule has 0 spiro atoms. The zero-order chi connectivity index (χ0) is 26.6. The topological polar surface area (TPSA) is 178 Å². The highest BCUT2D eigenvalue weighted by Gasteiger charge is 2.65. The lowest BCUT2D eigenvalue weighted by molar-refractivity contribution is -0.161. The Morgan fingerprint density at radius 2 is 1.73 bits per heavy atom. The van der Waals surface area contributed by atoms with Crippen molar-refractivity contribution in [3.8, 4) is 5.75 Å². The van der Waals surface area contributed by atoms with Gasteiger partial charge in [0.25, 0.3) is 5.91 Å². The number of aromatic hydroxyl groups is 1. The molecule has 0 radical (unpaired) electrons. The van der Waals surface area contributed by atoms with E-state index in [0.717, 1.165) is 5.56 Å². The van der Waals surface area contributed by atoms with E-state index >= 15 is 0 Å². The minimum atomic E-state index is -2.84. The molecule has 5 atom stereocenters. The van der Waals surface area contributed by atoms with Gasteiger partial charge in [0, 0.05) is 23.8 Å². The molecule has 2 aromatic rings. The molecule has 2 aromatic carbocycles. The largest absolute Gasteiger partial charge is 0.508 e. The second-order valence-electron chi connectivity index (χ2n) is 9.92. The third-order valence-electron chi connectivity index (χ3n) is 7.99. The molecule has 3 aliphatic carbocycles. The third-order valence-corrected chi connectivity index (χ3v) is 7.99. The Bertz CT molecular complexity index is 1380. The molecule has 192 valence electrons. The second-order valence-corrected chi connectivity index (χ2v) is 9.92. The van der Waals surface area contributed by atoms with Crippen LogP contribution in [0.1, 0.15) is 41.9 Å². The summed E-state index contributed by atoms with van der Waals surface area (Å²) in [6.45, 7) is 0. The molecule has 1 saturated carbocycles. The fraction of sp³-hybridized carbons (Fsp3) is 0.321. The maximum Gasteiger partial charge on any atom is 0.255 e. The van der Waals surface area contributed by atoms with Crippen molar-refractivity contribution >= 4 is 23.2 Å². The van der Waals surface area contributed by atoms with Gasteiger partial charge in [0.1, 0.15) is 22.8 Å². The number of rotatable bonds is 5. The molecule has 0 aliphatic heterocycles. The van der Waals surface area contributed by atoms with E-state index in [-0.39, 0.29) is 16.9 Å². The molecular weight excluding hydrogens is 478 g/mol. The predicted octanol–water partition coefficient (Wildman–Crippen LogP) is 1.96. The standard InChI is InChI=1S/C28H27NO8/c29-27(36)21-18(31)12-16-23(32)20-15(9-4-8-13-6-2-1-3-7-13)14-10-5-11-17(30)19(14)24(33)22(20)26(35)28(16,37)25(21)34/h1-3,5-7,10-11,15-16,20,23,30,32-34,37H,4,8-9,12H2,(H2,29,36). The number of ketones is 2. The fourth-order valence-electron chi connectivity index (χ4n) is 6.29. The molecule has 9 heteroatoms. The van der Waals surface area contributed by atoms with Gasteiger partial charge in [0.15, 0.2) is 11.4 Å². The quantitative estimate of drug-likeness (QED) is 0.334. The van der Waals surface area contributed by atoms with Gasteiger partial charge in [-0.15, -0.1) is 0 Å². The van der Waals surface area contributed by atoms with Crippen molar-refractivity contribution < 1.29 is 39.9 Å². The molecule has 9 nitrogen and oxygen atoms in total. The number of carbonyl (C=O) groups is 3. The van der Waals surface area contributed by atoms with Crippen molar-refractivity contribution in [3.05, 3.63) is 82.1 Å². The average molecular weight is 506 g/mol. The number of phenolic OH excluding ortho intramolecular Hbond substituents is 1. The molecule has 0 bridgehead atoms. The minimum Gasteiger partial charge on any atom is -0.508 e. The first kappa shape index (κ1) is 24.7. The number of hydrogen-bond donors (Lipinski definition) is 6. The second kappa shape index (κ2) is 8.86. The summed E-state index contributed by atoms with van der Waals surface area (Å²) in [7, 11) is 0. The Morgan fingerprint density at radius 1 is 1.03 bits per heavy atom. The SMILES string of the molecule is NC(=O)C1=C(O)C2(O)C(=O)C3=C(O)c4c(O)cccc4C(CCCc4ccccc4)C3C(O)C2CC1=O. The van der Waals surface area contributed by atoms with Gasteiger partial charge in [-0.2, -0.15) is 0 Å². The third kappa shape index (κ3) is 3.57. The molecular formula is C28H27NO8. The number of primary amides is 1. The van der Waals surface area contributed by atoms with Crippen molar-refractivity contribution in [2.45, 2.75) is 43.3 Å². The Morgan fingerprint density at radius 3 is 2.41 bits per heavy atom. The number of aliphatic hydroxyl groups excluding tert-OH is 3. The summed E-state index contributed by atoms with van der Waals surface area (Å²) in [6.07, 6.45) is -0.354. The molecule has 3 aliphatic rings. The molecule has 1 amide bonds. The fourth-order valence-corrected chi connectivity index (χ4v) is 6.29. The van der Waals surface area contributed by atoms with Crippen LogP contribution in [0.15, 0.2) is 65.4 Å². The number of Topliss-reactive ketones (excluding diaryl/α,β-unsaturated/α-hetero) is 2. The Hall–Kier alpha value is -3.95. The summed E-state index contributed by atoms with van der Waals surface area (Å²) in [4.78, 5) is 38.3. The van der Waals surface area contributed by atoms with Gasteiger partial charge in [0.2, 0.25) is 5.78 Å². The molecule has 0 aromatic heterocycles. The van der Waals surface area contributed by atoms with E-state index in [1.165, 1.54) is 6.07 Å². The van der Waals surface area contributed by atoms with E-state index in [1.807, 2.05) is 30.3 Å². The Kier molecular flexibility index (Phi) is 5.92. The van der Waals surface area contributed by atoms with E-state index in [4.69, 9.17) is 5.73 Å². The van der Waals surface area contributed by atoms with Crippen molar-refractivity contribution in [1.82, 2.24) is 0 Å². The Balaban J connectivity index is 1.63. The summed E-state index contributed by atoms with van der Waals surface area (Å²) in [5.74, 6) is -8.55. The number of aliphatic hydroxyl groups is 4. The predicted molar refractivity (Wildman–Crippen MR) is 131 cm³/mol. The normalized spacial score (nSPS) is 29.0. The maximum absolute atomic E-state index is 13.8. The van der Waals surface area contributed by atoms with Crippen molar-refractivity contribution in [2.75, 3.05) is 0 Å². The van der Waals surface area contributed by atoms with Crippen LogP contribution in [-0.2, 0) is 20.8 Å². The molecule has 5 rings (SSSR count). The molecule has 5 unspecified atom stereocenters. The number of amides is 1. The number of nitrogens with two attached hydrogens (primary N) is 1. The lowest BCUT2D eigenvalue weighted by atomic mass is 9.55. The zero-order valence-corrected chi connectivity index (χ0v) is 19.8. The summed E-state index contributed by atoms with van der Waals surface area (Å²) >= 11 is 0. The van der Waals surface area contributed by atoms with Crippen LogP contribution >= 0.6 is 0 Å². The van der Waals surface area contributed by atoms with Crippen LogP contribution < -0.4 is 5.73 Å². The first-order valence-corrected chi connectivity index (χ1v) is 12.1. The number of fused-ring (bicyclic) bond motifs is 3. The van der Waals surface area contributed by atoms with Crippen LogP contribution in [0.2, 0.25) is 0 Å². The lowest BCUT2D eigenvalue weighted by Crippen LogP contribution is -2.64. The maximum atomic E-state index is 13.8. The zero-order valence-electron chi connectivity index (χ0n) is 19.8. The minimum absolute atomic E-state index is 0.00606. The van der Waals surface area contributed by atoms with Crippen LogP contribution in [0, 0.1) is 11.8 Å². The highest BCUT2D eigenvalue weighted by atomic mass is 16.4. The number of benzene rings is 2. The number of aryl methyl sites for hydroxylation is 1. The summed E-state index contributed by atoms with van der Waals surface area (Å²) in [6, 6.07) is 14.4. The van der Waals surface area contributed by atoms with Crippen LogP contribution in [0.4, 0.5) is 0 Å². The molecule has 37 heavy (non-hydrogen) atoms. The molecule has 0 saturated heterocycles. The number of phenols is 1. The average Bonchev–Trinajstić information content (AvgIpc) is 2.86. The highest BCUT2D eigenvalue weighted by molar-refractivity contribution is 6.23. The lowest BCUT2D eigenvalue weighted by Gasteiger charge is -2.51. The van der Waals surface area contributed by atoms with Gasteiger partial charge in [-0.1, -0.05) is 42.5 Å². The van der Waals surface area contributed by atoms with Crippen molar-refractivity contribution in [3.63, 3.8) is 0 Å². The van der Waals surface area contributed by atoms with Crippen molar-refractivity contribution in [2.24, 2.45) is 17.6 Å². The van der Waals surface area contributed by atoms with E-state index in [0.29, 0.717) is 24.8 Å². The van der Waals surface area contributed by atoms with E-state index in [1.54, 1.807) is 12.1 Å². The summed E-state index contributed by atoms with van der Waals surface area (Å²) in [5, 5.41) is 55.5. The van der Waals surface area contributed by atoms with Gasteiger partial charge in [0.05, 0.1) is 11.7 Å². The highest BCUT2D eigenvalue weighted by Crippen LogP contribution is 2.56. The molecule has 0 heterocycles. The van der Waals surface area contributed by atoms with E-state index in [9.17, 15) is 39.9 Å². The van der Waals surface area contributed by atoms with Crippen LogP contribution in [0.25, 0.3) is 5.76 Å². The van der Waals surface area contributed by atoms with Crippen molar-refractivity contribution in [1.29, 1.82) is 0 Å². The summed E-state index contributed by atoms with van der Waals surface area (Å²) in [5.41, 5.74) is 2.73. The molecule has 7 N–H and O–H groups in total. The smallest absolute Gasteiger partial charge is 0.255 e. The number of carbonyl (C=O) groups excluding carboxylic acids is 3. The molecule has 1 fully saturated rings. The van der Waals surface area contributed by atoms with Gasteiger partial charge in [-0.3, -0.25) is 14.4 Å². The summed E-state index contributed by atoms with van der Waals surface area (Å²) < 4.78 is 0. The number of hydrogen-bond acceptors (Lipinski definition) is 8. The van der Waals surface area contributed by atoms with Crippen LogP contribution in [0.5, 0.6) is 5.75 Å².